The first-order chi connectivity index (χ1) is 12.0. The molecule has 0 bridgehead atoms. The molecule has 0 fully saturated rings. The van der Waals surface area contributed by atoms with Crippen LogP contribution in [0.2, 0.25) is 0 Å². The minimum Gasteiger partial charge on any atom is -0.390 e. The Morgan fingerprint density at radius 1 is 1.00 bits per heavy atom. The Morgan fingerprint density at radius 2 is 1.56 bits per heavy atom. The summed E-state index contributed by atoms with van der Waals surface area (Å²) in [6.45, 7) is 6.57. The molecular formula is C20H24Br2N2O. The molecule has 5 heteroatoms. The van der Waals surface area contributed by atoms with Crippen LogP contribution in [0.5, 0.6) is 0 Å². The molecule has 0 aliphatic rings. The lowest BCUT2D eigenvalue weighted by Crippen LogP contribution is -2.31. The third-order valence-electron chi connectivity index (χ3n) is 4.46. The third-order valence-corrected chi connectivity index (χ3v) is 5.45. The van der Waals surface area contributed by atoms with E-state index in [-0.39, 0.29) is 0 Å². The molecule has 3 aromatic rings. The van der Waals surface area contributed by atoms with Gasteiger partial charge in [-0.05, 0) is 55.3 Å². The minimum absolute atomic E-state index is 0.418. The highest BCUT2D eigenvalue weighted by molar-refractivity contribution is 9.10. The Labute approximate surface area is 165 Å². The summed E-state index contributed by atoms with van der Waals surface area (Å²) >= 11 is 7.14. The monoisotopic (exact) mass is 466 g/mol. The molecule has 2 N–H and O–H groups in total. The van der Waals surface area contributed by atoms with Crippen LogP contribution in [0, 0.1) is 5.92 Å². The first-order valence-corrected chi connectivity index (χ1v) is 10.3. The van der Waals surface area contributed by atoms with Crippen LogP contribution in [0.3, 0.4) is 0 Å². The fourth-order valence-corrected chi connectivity index (χ4v) is 3.90. The number of fused-ring (bicyclic) bond motifs is 3. The van der Waals surface area contributed by atoms with Crippen LogP contribution in [-0.2, 0) is 6.54 Å². The third kappa shape index (κ3) is 4.45. The van der Waals surface area contributed by atoms with Crippen LogP contribution in [0.15, 0.2) is 45.3 Å². The number of nitrogens with zero attached hydrogens (tertiary/aromatic N) is 1. The topological polar surface area (TPSA) is 37.2 Å². The Bertz CT molecular complexity index is 814. The van der Waals surface area contributed by atoms with Crippen molar-refractivity contribution >= 4 is 53.7 Å². The van der Waals surface area contributed by atoms with Gasteiger partial charge in [-0.1, -0.05) is 45.7 Å². The van der Waals surface area contributed by atoms with Gasteiger partial charge >= 0.3 is 0 Å². The van der Waals surface area contributed by atoms with Crippen molar-refractivity contribution in [2.24, 2.45) is 5.92 Å². The molecule has 1 atom stereocenters. The molecule has 1 heterocycles. The van der Waals surface area contributed by atoms with Crippen molar-refractivity contribution in [3.8, 4) is 0 Å². The summed E-state index contributed by atoms with van der Waals surface area (Å²) in [5, 5.41) is 16.3. The highest BCUT2D eigenvalue weighted by Gasteiger charge is 2.14. The number of halogens is 2. The molecule has 2 aromatic carbocycles. The van der Waals surface area contributed by atoms with E-state index in [1.165, 1.54) is 10.8 Å². The molecule has 0 amide bonds. The average Bonchev–Trinajstić information content (AvgIpc) is 2.84. The molecule has 25 heavy (non-hydrogen) atoms. The Hall–Kier alpha value is -0.880. The van der Waals surface area contributed by atoms with Crippen LogP contribution in [0.4, 0.5) is 0 Å². The first kappa shape index (κ1) is 18.9. The first-order valence-electron chi connectivity index (χ1n) is 8.71. The maximum Gasteiger partial charge on any atom is 0.0843 e. The molecule has 0 saturated carbocycles. The largest absolute Gasteiger partial charge is 0.390 e. The summed E-state index contributed by atoms with van der Waals surface area (Å²) in [7, 11) is 0. The summed E-state index contributed by atoms with van der Waals surface area (Å²) in [6, 6.07) is 12.6. The molecular weight excluding hydrogens is 444 g/mol. The van der Waals surface area contributed by atoms with Crippen LogP contribution >= 0.6 is 31.9 Å². The Balaban J connectivity index is 1.87. The SMILES string of the molecule is CC(C)CCNC[C@H](O)Cn1c2ccc(Br)cc2c2cc(Br)ccc21. The van der Waals surface area contributed by atoms with E-state index in [4.69, 9.17) is 0 Å². The fraction of sp³-hybridized carbons (Fsp3) is 0.400. The van der Waals surface area contributed by atoms with Crippen molar-refractivity contribution in [3.05, 3.63) is 45.3 Å². The lowest BCUT2D eigenvalue weighted by Gasteiger charge is -2.15. The van der Waals surface area contributed by atoms with Crippen molar-refractivity contribution in [1.29, 1.82) is 0 Å². The maximum absolute atomic E-state index is 10.5. The van der Waals surface area contributed by atoms with Crippen molar-refractivity contribution in [3.63, 3.8) is 0 Å². The van der Waals surface area contributed by atoms with Crippen LogP contribution in [0.1, 0.15) is 20.3 Å². The Kier molecular flexibility index (Phi) is 6.21. The van der Waals surface area contributed by atoms with Crippen molar-refractivity contribution in [1.82, 2.24) is 9.88 Å². The molecule has 3 nitrogen and oxygen atoms in total. The van der Waals surface area contributed by atoms with Crippen LogP contribution in [-0.4, -0.2) is 28.9 Å². The zero-order valence-corrected chi connectivity index (χ0v) is 17.8. The molecule has 0 aliphatic heterocycles. The molecule has 134 valence electrons. The second-order valence-corrected chi connectivity index (χ2v) is 8.81. The highest BCUT2D eigenvalue weighted by atomic mass is 79.9. The number of hydrogen-bond acceptors (Lipinski definition) is 2. The van der Waals surface area contributed by atoms with Gasteiger partial charge in [0.2, 0.25) is 0 Å². The summed E-state index contributed by atoms with van der Waals surface area (Å²) in [5.41, 5.74) is 2.30. The van der Waals surface area contributed by atoms with E-state index >= 15 is 0 Å². The number of hydrogen-bond donors (Lipinski definition) is 2. The maximum atomic E-state index is 10.5. The molecule has 0 aliphatic carbocycles. The Morgan fingerprint density at radius 3 is 2.08 bits per heavy atom. The van der Waals surface area contributed by atoms with Gasteiger partial charge in [0.1, 0.15) is 0 Å². The summed E-state index contributed by atoms with van der Waals surface area (Å²) in [4.78, 5) is 0. The number of nitrogens with one attached hydrogen (secondary N) is 1. The second kappa shape index (κ2) is 8.21. The van der Waals surface area contributed by atoms with Gasteiger partial charge in [0.05, 0.1) is 12.6 Å². The van der Waals surface area contributed by atoms with Crippen LogP contribution < -0.4 is 5.32 Å². The number of benzene rings is 2. The van der Waals surface area contributed by atoms with Gasteiger partial charge in [-0.3, -0.25) is 0 Å². The highest BCUT2D eigenvalue weighted by Crippen LogP contribution is 2.33. The second-order valence-electron chi connectivity index (χ2n) is 6.97. The van der Waals surface area contributed by atoms with Gasteiger partial charge in [-0.15, -0.1) is 0 Å². The summed E-state index contributed by atoms with van der Waals surface area (Å²) < 4.78 is 4.35. The molecule has 1 aromatic heterocycles. The predicted molar refractivity (Wildman–Crippen MR) is 113 cm³/mol. The van der Waals surface area contributed by atoms with Crippen LogP contribution in [0.25, 0.3) is 21.8 Å². The zero-order valence-electron chi connectivity index (χ0n) is 14.6. The number of rotatable bonds is 7. The molecule has 0 spiro atoms. The van der Waals surface area contributed by atoms with Gasteiger partial charge in [0, 0.05) is 37.3 Å². The van der Waals surface area contributed by atoms with E-state index in [2.05, 4.69) is 92.0 Å². The van der Waals surface area contributed by atoms with E-state index in [9.17, 15) is 5.11 Å². The summed E-state index contributed by atoms with van der Waals surface area (Å²) in [6.07, 6.45) is 0.711. The smallest absolute Gasteiger partial charge is 0.0843 e. The fourth-order valence-electron chi connectivity index (χ4n) is 3.18. The van der Waals surface area contributed by atoms with Gasteiger partial charge in [0.25, 0.3) is 0 Å². The molecule has 3 rings (SSSR count). The van der Waals surface area contributed by atoms with Crippen molar-refractivity contribution < 1.29 is 5.11 Å². The van der Waals surface area contributed by atoms with Gasteiger partial charge < -0.3 is 15.0 Å². The van der Waals surface area contributed by atoms with Gasteiger partial charge in [-0.25, -0.2) is 0 Å². The molecule has 0 unspecified atom stereocenters. The lowest BCUT2D eigenvalue weighted by atomic mass is 10.1. The minimum atomic E-state index is -0.418. The van der Waals surface area contributed by atoms with E-state index in [1.807, 2.05) is 0 Å². The van der Waals surface area contributed by atoms with E-state index in [0.29, 0.717) is 19.0 Å². The van der Waals surface area contributed by atoms with Crippen molar-refractivity contribution in [2.75, 3.05) is 13.1 Å². The lowest BCUT2D eigenvalue weighted by molar-refractivity contribution is 0.154. The van der Waals surface area contributed by atoms with Crippen molar-refractivity contribution in [2.45, 2.75) is 32.9 Å². The van der Waals surface area contributed by atoms with E-state index in [0.717, 1.165) is 32.9 Å². The van der Waals surface area contributed by atoms with Gasteiger partial charge in [-0.2, -0.15) is 0 Å². The quantitative estimate of drug-likeness (QED) is 0.461. The normalized spacial score (nSPS) is 13.2. The number of aromatic nitrogens is 1. The predicted octanol–water partition coefficient (Wildman–Crippen LogP) is 5.32. The standard InChI is InChI=1S/C20H24Br2N2O/c1-13(2)7-8-23-11-16(25)12-24-19-5-3-14(21)9-17(19)18-10-15(22)4-6-20(18)24/h3-6,9-10,13,16,23,25H,7-8,11-12H2,1-2H3/t16-/m0/s1. The molecule has 0 radical (unpaired) electrons. The van der Waals surface area contributed by atoms with E-state index in [1.54, 1.807) is 0 Å². The number of aliphatic hydroxyl groups is 1. The number of aliphatic hydroxyl groups excluding tert-OH is 1. The summed E-state index contributed by atoms with van der Waals surface area (Å²) in [5.74, 6) is 0.680. The van der Waals surface area contributed by atoms with E-state index < -0.39 is 6.10 Å². The average molecular weight is 468 g/mol. The van der Waals surface area contributed by atoms with Gasteiger partial charge in [0.15, 0.2) is 0 Å². The molecule has 0 saturated heterocycles. The zero-order chi connectivity index (χ0) is 18.0.